The van der Waals surface area contributed by atoms with E-state index >= 15 is 0 Å². The van der Waals surface area contributed by atoms with Crippen molar-refractivity contribution in [2.45, 2.75) is 127 Å². The summed E-state index contributed by atoms with van der Waals surface area (Å²) in [7, 11) is 3.23. The van der Waals surface area contributed by atoms with Gasteiger partial charge in [0.25, 0.3) is 0 Å². The van der Waals surface area contributed by atoms with Crippen LogP contribution in [-0.4, -0.2) is 106 Å². The molecule has 0 saturated carbocycles. The van der Waals surface area contributed by atoms with Crippen molar-refractivity contribution >= 4 is 35.2 Å². The highest BCUT2D eigenvalue weighted by molar-refractivity contribution is 6.31. The molecule has 4 aromatic carbocycles. The van der Waals surface area contributed by atoms with Crippen LogP contribution >= 0.6 is 11.6 Å². The second-order valence-electron chi connectivity index (χ2n) is 20.3. The molecule has 14 nitrogen and oxygen atoms in total. The zero-order chi connectivity index (χ0) is 53.9. The lowest BCUT2D eigenvalue weighted by atomic mass is 9.69. The number of amides is 4. The molecule has 0 unspecified atom stereocenters. The number of rotatable bonds is 26. The van der Waals surface area contributed by atoms with Crippen molar-refractivity contribution in [3.63, 3.8) is 0 Å². The predicted octanol–water partition coefficient (Wildman–Crippen LogP) is 9.67. The first-order valence-electron chi connectivity index (χ1n) is 26.8. The van der Waals surface area contributed by atoms with Crippen molar-refractivity contribution in [3.8, 4) is 11.5 Å². The molecule has 2 atom stereocenters. The minimum Gasteiger partial charge on any atom is -0.497 e. The maximum absolute atomic E-state index is 14.8. The SMILES string of the molecule is CCCCCC1(c2ccccc2Cl)CN(C(=O)[C@@H](Cc2ccc(OC)cc2)NC(=O)CCc2c[nH]cn2)C1.CCCCCC1(c2ccccc2F)CN(C(=O)[C@@H](Cc2ccc(OC)cc2)NC(=O)CCc2c[nH]cn2)C1. The van der Waals surface area contributed by atoms with Crippen molar-refractivity contribution in [2.75, 3.05) is 40.4 Å². The number of aromatic nitrogens is 4. The maximum Gasteiger partial charge on any atom is 0.245 e. The first kappa shape index (κ1) is 56.7. The van der Waals surface area contributed by atoms with Crippen molar-refractivity contribution in [2.24, 2.45) is 0 Å². The molecule has 16 heteroatoms. The Morgan fingerprint density at radius 2 is 1.04 bits per heavy atom. The fraction of sp³-hybridized carbons (Fsp3) is 0.433. The van der Waals surface area contributed by atoms with Gasteiger partial charge in [-0.3, -0.25) is 19.2 Å². The van der Waals surface area contributed by atoms with E-state index in [2.05, 4.69) is 50.5 Å². The summed E-state index contributed by atoms with van der Waals surface area (Å²) in [6, 6.07) is 28.6. The maximum atomic E-state index is 14.8. The van der Waals surface area contributed by atoms with Gasteiger partial charge >= 0.3 is 0 Å². The van der Waals surface area contributed by atoms with Gasteiger partial charge in [-0.15, -0.1) is 0 Å². The topological polar surface area (TPSA) is 175 Å². The molecular weight excluding hydrogens is 983 g/mol. The van der Waals surface area contributed by atoms with E-state index in [1.54, 1.807) is 50.2 Å². The summed E-state index contributed by atoms with van der Waals surface area (Å²) in [4.78, 5) is 71.0. The average molecular weight is 1060 g/mol. The Labute approximate surface area is 451 Å². The Morgan fingerprint density at radius 3 is 1.43 bits per heavy atom. The first-order valence-corrected chi connectivity index (χ1v) is 27.1. The summed E-state index contributed by atoms with van der Waals surface area (Å²) in [5.74, 6) is 0.675. The molecule has 2 aliphatic heterocycles. The number of hydrogen-bond donors (Lipinski definition) is 4. The highest BCUT2D eigenvalue weighted by Crippen LogP contribution is 2.43. The number of imidazole rings is 2. The number of aromatic amines is 2. The van der Waals surface area contributed by atoms with E-state index < -0.39 is 17.5 Å². The highest BCUT2D eigenvalue weighted by atomic mass is 35.5. The molecule has 0 aliphatic carbocycles. The number of ether oxygens (including phenoxy) is 2. The highest BCUT2D eigenvalue weighted by Gasteiger charge is 2.49. The number of carbonyl (C=O) groups is 4. The third kappa shape index (κ3) is 15.1. The van der Waals surface area contributed by atoms with Crippen LogP contribution in [-0.2, 0) is 55.7 Å². The molecule has 4 heterocycles. The van der Waals surface area contributed by atoms with Gasteiger partial charge in [0.2, 0.25) is 23.6 Å². The van der Waals surface area contributed by atoms with E-state index in [1.165, 1.54) is 6.07 Å². The zero-order valence-corrected chi connectivity index (χ0v) is 45.2. The number of benzene rings is 4. The summed E-state index contributed by atoms with van der Waals surface area (Å²) >= 11 is 6.62. The molecule has 2 fully saturated rings. The van der Waals surface area contributed by atoms with Crippen molar-refractivity contribution in [1.82, 2.24) is 40.4 Å². The lowest BCUT2D eigenvalue weighted by Crippen LogP contribution is -2.65. The lowest BCUT2D eigenvalue weighted by Gasteiger charge is -2.52. The summed E-state index contributed by atoms with van der Waals surface area (Å²) in [5.41, 5.74) is 4.72. The Balaban J connectivity index is 0.000000221. The minimum absolute atomic E-state index is 0.0629. The Hall–Kier alpha value is -7.00. The number of carbonyl (C=O) groups excluding carboxylic acids is 4. The van der Waals surface area contributed by atoms with Crippen LogP contribution in [0.25, 0.3) is 0 Å². The van der Waals surface area contributed by atoms with E-state index in [0.717, 1.165) is 96.0 Å². The number of nitrogens with one attached hydrogen (secondary N) is 4. The van der Waals surface area contributed by atoms with E-state index in [4.69, 9.17) is 21.1 Å². The van der Waals surface area contributed by atoms with Crippen LogP contribution in [0.15, 0.2) is 122 Å². The first-order chi connectivity index (χ1) is 36.9. The van der Waals surface area contributed by atoms with Crippen molar-refractivity contribution < 1.29 is 33.0 Å². The number of H-pyrrole nitrogens is 2. The number of hydrogen-bond acceptors (Lipinski definition) is 8. The van der Waals surface area contributed by atoms with Gasteiger partial charge in [0, 0.05) is 80.1 Å². The molecule has 0 radical (unpaired) electrons. The zero-order valence-electron chi connectivity index (χ0n) is 44.4. The fourth-order valence-electron chi connectivity index (χ4n) is 10.5. The second kappa shape index (κ2) is 27.7. The summed E-state index contributed by atoms with van der Waals surface area (Å²) in [5, 5.41) is 6.72. The van der Waals surface area contributed by atoms with Gasteiger partial charge in [-0.1, -0.05) is 125 Å². The van der Waals surface area contributed by atoms with Crippen LogP contribution in [0.4, 0.5) is 4.39 Å². The number of likely N-dealkylation sites (tertiary alicyclic amines) is 2. The van der Waals surface area contributed by atoms with Crippen molar-refractivity contribution in [1.29, 1.82) is 0 Å². The second-order valence-corrected chi connectivity index (χ2v) is 20.7. The van der Waals surface area contributed by atoms with Gasteiger partial charge in [0.1, 0.15) is 29.4 Å². The number of nitrogens with zero attached hydrogens (tertiary/aromatic N) is 4. The number of unbranched alkanes of at least 4 members (excludes halogenated alkanes) is 4. The monoisotopic (exact) mass is 1060 g/mol. The van der Waals surface area contributed by atoms with Crippen LogP contribution in [0.1, 0.15) is 112 Å². The molecule has 2 aliphatic rings. The number of halogens is 2. The van der Waals surface area contributed by atoms with E-state index in [-0.39, 0.29) is 47.7 Å². The summed E-state index contributed by atoms with van der Waals surface area (Å²) in [6.45, 7) is 6.42. The molecule has 4 amide bonds. The molecule has 404 valence electrons. The lowest BCUT2D eigenvalue weighted by molar-refractivity contribution is -0.144. The Kier molecular flexibility index (Phi) is 20.7. The van der Waals surface area contributed by atoms with Crippen LogP contribution in [0, 0.1) is 5.82 Å². The molecule has 6 aromatic rings. The standard InChI is InChI=1S/C30H37ClN4O3.C30H37FN4O3/c2*1-3-4-7-16-30(25-8-5-6-9-26(25)31)19-35(20-30)29(37)27(17-22-10-13-24(38-2)14-11-22)34-28(36)15-12-23-18-32-21-33-23/h2*5-6,8-11,13-14,18,21,27H,3-4,7,12,15-17,19-20H2,1-2H3,(H,32,33)(H,34,36)/t2*27-/m11/s1. The molecule has 2 aromatic heterocycles. The van der Waals surface area contributed by atoms with Gasteiger partial charge in [0.15, 0.2) is 0 Å². The summed E-state index contributed by atoms with van der Waals surface area (Å²) < 4.78 is 25.4. The van der Waals surface area contributed by atoms with E-state index in [9.17, 15) is 23.6 Å². The quantitative estimate of drug-likeness (QED) is 0.0389. The largest absolute Gasteiger partial charge is 0.497 e. The molecule has 76 heavy (non-hydrogen) atoms. The average Bonchev–Trinajstić information content (AvgIpc) is 4.15. The van der Waals surface area contributed by atoms with Crippen LogP contribution in [0.2, 0.25) is 5.02 Å². The molecule has 2 saturated heterocycles. The van der Waals surface area contributed by atoms with Crippen LogP contribution < -0.4 is 20.1 Å². The molecular formula is C60H74ClFN8O6. The number of methoxy groups -OCH3 is 2. The molecule has 0 bridgehead atoms. The third-order valence-corrected chi connectivity index (χ3v) is 15.1. The minimum atomic E-state index is -0.718. The van der Waals surface area contributed by atoms with Crippen LogP contribution in [0.5, 0.6) is 11.5 Å². The van der Waals surface area contributed by atoms with Gasteiger partial charge in [-0.25, -0.2) is 14.4 Å². The fourth-order valence-corrected chi connectivity index (χ4v) is 10.9. The van der Waals surface area contributed by atoms with Gasteiger partial charge < -0.3 is 39.9 Å². The smallest absolute Gasteiger partial charge is 0.245 e. The van der Waals surface area contributed by atoms with Gasteiger partial charge in [-0.05, 0) is 84.3 Å². The Morgan fingerprint density at radius 1 is 0.618 bits per heavy atom. The molecule has 0 spiro atoms. The Bertz CT molecular complexity index is 2570. The third-order valence-electron chi connectivity index (χ3n) is 14.8. The number of aryl methyl sites for hydroxylation is 2. The predicted molar refractivity (Wildman–Crippen MR) is 294 cm³/mol. The van der Waals surface area contributed by atoms with Gasteiger partial charge in [-0.2, -0.15) is 0 Å². The summed E-state index contributed by atoms with van der Waals surface area (Å²) in [6.07, 6.45) is 17.2. The van der Waals surface area contributed by atoms with E-state index in [0.29, 0.717) is 57.4 Å². The normalized spacial score (nSPS) is 15.0. The molecule has 4 N–H and O–H groups in total. The van der Waals surface area contributed by atoms with Gasteiger partial charge in [0.05, 0.1) is 38.3 Å². The van der Waals surface area contributed by atoms with E-state index in [1.807, 2.05) is 83.8 Å². The van der Waals surface area contributed by atoms with Crippen LogP contribution in [0.3, 0.4) is 0 Å². The van der Waals surface area contributed by atoms with Crippen molar-refractivity contribution in [3.05, 3.63) is 167 Å². The molecule has 8 rings (SSSR count).